The number of carboxylic acids is 1. The summed E-state index contributed by atoms with van der Waals surface area (Å²) in [5.41, 5.74) is 1.61. The molecule has 120 valence electrons. The van der Waals surface area contributed by atoms with Gasteiger partial charge in [0, 0.05) is 10.0 Å². The predicted molar refractivity (Wildman–Crippen MR) is 87.6 cm³/mol. The molecular weight excluding hydrogens is 364 g/mol. The largest absolute Gasteiger partial charge is 0.489 e. The zero-order valence-electron chi connectivity index (χ0n) is 12.4. The highest BCUT2D eigenvalue weighted by atomic mass is 79.9. The van der Waals surface area contributed by atoms with Crippen LogP contribution in [0.15, 0.2) is 46.9 Å². The number of methoxy groups -OCH3 is 1. The maximum atomic E-state index is 11.4. The van der Waals surface area contributed by atoms with Gasteiger partial charge < -0.3 is 14.6 Å². The highest BCUT2D eigenvalue weighted by Crippen LogP contribution is 2.22. The van der Waals surface area contributed by atoms with E-state index in [0.717, 1.165) is 0 Å². The van der Waals surface area contributed by atoms with E-state index in [1.807, 2.05) is 6.07 Å². The average Bonchev–Trinajstić information content (AvgIpc) is 2.53. The molecule has 2 aromatic carbocycles. The standard InChI is InChI=1S/C17H15BrO5/c1-22-16(19)9-12-4-2-3-5-15(12)23-10-11-6-13(17(20)21)8-14(18)7-11/h2-8H,9-10H2,1H3,(H,20,21). The number of esters is 1. The Morgan fingerprint density at radius 2 is 1.91 bits per heavy atom. The van der Waals surface area contributed by atoms with Crippen molar-refractivity contribution >= 4 is 27.9 Å². The van der Waals surface area contributed by atoms with Crippen molar-refractivity contribution < 1.29 is 24.2 Å². The second-order valence-corrected chi connectivity index (χ2v) is 5.72. The second kappa shape index (κ2) is 7.78. The van der Waals surface area contributed by atoms with Crippen molar-refractivity contribution in [3.05, 3.63) is 63.6 Å². The van der Waals surface area contributed by atoms with Gasteiger partial charge in [-0.05, 0) is 29.8 Å². The van der Waals surface area contributed by atoms with Gasteiger partial charge >= 0.3 is 11.9 Å². The molecule has 1 N–H and O–H groups in total. The van der Waals surface area contributed by atoms with Gasteiger partial charge in [0.15, 0.2) is 0 Å². The Kier molecular flexibility index (Phi) is 5.76. The molecule has 0 aliphatic heterocycles. The number of aromatic carboxylic acids is 1. The topological polar surface area (TPSA) is 72.8 Å². The molecule has 0 radical (unpaired) electrons. The van der Waals surface area contributed by atoms with Crippen LogP contribution in [0.1, 0.15) is 21.5 Å². The minimum atomic E-state index is -1.00. The van der Waals surface area contributed by atoms with Crippen LogP contribution in [0.4, 0.5) is 0 Å². The summed E-state index contributed by atoms with van der Waals surface area (Å²) in [5, 5.41) is 9.08. The highest BCUT2D eigenvalue weighted by molar-refractivity contribution is 9.10. The lowest BCUT2D eigenvalue weighted by Crippen LogP contribution is -2.07. The summed E-state index contributed by atoms with van der Waals surface area (Å²) in [5.74, 6) is -0.787. The van der Waals surface area contributed by atoms with Crippen LogP contribution in [0.2, 0.25) is 0 Å². The van der Waals surface area contributed by atoms with Crippen molar-refractivity contribution in [2.75, 3.05) is 7.11 Å². The van der Waals surface area contributed by atoms with Gasteiger partial charge in [0.1, 0.15) is 12.4 Å². The number of benzene rings is 2. The molecule has 2 aromatic rings. The first-order valence-corrected chi connectivity index (χ1v) is 7.59. The van der Waals surface area contributed by atoms with E-state index in [9.17, 15) is 9.59 Å². The van der Waals surface area contributed by atoms with Gasteiger partial charge in [0.2, 0.25) is 0 Å². The number of ether oxygens (including phenoxy) is 2. The summed E-state index contributed by atoms with van der Waals surface area (Å²) >= 11 is 3.28. The van der Waals surface area contributed by atoms with Gasteiger partial charge in [0.25, 0.3) is 0 Å². The van der Waals surface area contributed by atoms with Gasteiger partial charge in [-0.1, -0.05) is 34.1 Å². The van der Waals surface area contributed by atoms with Gasteiger partial charge in [-0.25, -0.2) is 4.79 Å². The van der Waals surface area contributed by atoms with Crippen LogP contribution in [0, 0.1) is 0 Å². The smallest absolute Gasteiger partial charge is 0.335 e. The third-order valence-electron chi connectivity index (χ3n) is 3.13. The number of halogens is 1. The van der Waals surface area contributed by atoms with Crippen LogP contribution >= 0.6 is 15.9 Å². The molecule has 0 unspecified atom stereocenters. The lowest BCUT2D eigenvalue weighted by Gasteiger charge is -2.11. The molecule has 0 saturated heterocycles. The number of rotatable bonds is 6. The molecule has 0 aliphatic rings. The molecule has 0 spiro atoms. The fraction of sp³-hybridized carbons (Fsp3) is 0.176. The zero-order chi connectivity index (χ0) is 16.8. The summed E-state index contributed by atoms with van der Waals surface area (Å²) in [6.45, 7) is 0.192. The van der Waals surface area contributed by atoms with E-state index in [0.29, 0.717) is 21.3 Å². The number of para-hydroxylation sites is 1. The molecular formula is C17H15BrO5. The molecule has 0 aliphatic carbocycles. The fourth-order valence-corrected chi connectivity index (χ4v) is 2.58. The molecule has 0 amide bonds. The lowest BCUT2D eigenvalue weighted by atomic mass is 10.1. The minimum Gasteiger partial charge on any atom is -0.489 e. The first kappa shape index (κ1) is 17.0. The third-order valence-corrected chi connectivity index (χ3v) is 3.59. The molecule has 0 bridgehead atoms. The Labute approximate surface area is 142 Å². The fourth-order valence-electron chi connectivity index (χ4n) is 2.04. The summed E-state index contributed by atoms with van der Waals surface area (Å²) < 4.78 is 11.1. The number of carbonyl (C=O) groups excluding carboxylic acids is 1. The molecule has 0 aromatic heterocycles. The lowest BCUT2D eigenvalue weighted by molar-refractivity contribution is -0.139. The minimum absolute atomic E-state index is 0.117. The van der Waals surface area contributed by atoms with Crippen molar-refractivity contribution in [2.24, 2.45) is 0 Å². The van der Waals surface area contributed by atoms with E-state index in [1.165, 1.54) is 13.2 Å². The maximum Gasteiger partial charge on any atom is 0.335 e. The van der Waals surface area contributed by atoms with E-state index >= 15 is 0 Å². The first-order chi connectivity index (χ1) is 11.0. The first-order valence-electron chi connectivity index (χ1n) is 6.80. The molecule has 5 nitrogen and oxygen atoms in total. The van der Waals surface area contributed by atoms with Gasteiger partial charge in [-0.2, -0.15) is 0 Å². The predicted octanol–water partition coefficient (Wildman–Crippen LogP) is 3.44. The van der Waals surface area contributed by atoms with E-state index in [4.69, 9.17) is 9.84 Å². The Hall–Kier alpha value is -2.34. The molecule has 0 fully saturated rings. The van der Waals surface area contributed by atoms with Crippen LogP contribution in [0.3, 0.4) is 0 Å². The molecule has 23 heavy (non-hydrogen) atoms. The van der Waals surface area contributed by atoms with E-state index < -0.39 is 5.97 Å². The number of hydrogen-bond donors (Lipinski definition) is 1. The summed E-state index contributed by atoms with van der Waals surface area (Å²) in [4.78, 5) is 22.5. The van der Waals surface area contributed by atoms with Gasteiger partial charge in [-0.15, -0.1) is 0 Å². The average molecular weight is 379 g/mol. The normalized spacial score (nSPS) is 10.2. The maximum absolute atomic E-state index is 11.4. The van der Waals surface area contributed by atoms with Crippen LogP contribution in [0.5, 0.6) is 5.75 Å². The molecule has 0 heterocycles. The number of carbonyl (C=O) groups is 2. The molecule has 0 atom stereocenters. The van der Waals surface area contributed by atoms with Crippen LogP contribution in [-0.4, -0.2) is 24.2 Å². The molecule has 2 rings (SSSR count). The third kappa shape index (κ3) is 4.82. The van der Waals surface area contributed by atoms with Crippen molar-refractivity contribution in [3.8, 4) is 5.75 Å². The summed E-state index contributed by atoms with van der Waals surface area (Å²) in [6.07, 6.45) is 0.117. The van der Waals surface area contributed by atoms with Crippen LogP contribution < -0.4 is 4.74 Å². The van der Waals surface area contributed by atoms with Gasteiger partial charge in [0.05, 0.1) is 19.1 Å². The SMILES string of the molecule is COC(=O)Cc1ccccc1OCc1cc(Br)cc(C(=O)O)c1. The van der Waals surface area contributed by atoms with E-state index in [-0.39, 0.29) is 24.6 Å². The van der Waals surface area contributed by atoms with Crippen molar-refractivity contribution in [2.45, 2.75) is 13.0 Å². The van der Waals surface area contributed by atoms with Gasteiger partial charge in [-0.3, -0.25) is 4.79 Å². The van der Waals surface area contributed by atoms with Crippen molar-refractivity contribution in [1.29, 1.82) is 0 Å². The summed E-state index contributed by atoms with van der Waals surface area (Å²) in [6, 6.07) is 12.0. The quantitative estimate of drug-likeness (QED) is 0.779. The van der Waals surface area contributed by atoms with Crippen LogP contribution in [-0.2, 0) is 22.6 Å². The van der Waals surface area contributed by atoms with E-state index in [1.54, 1.807) is 30.3 Å². The number of hydrogen-bond acceptors (Lipinski definition) is 4. The summed E-state index contributed by atoms with van der Waals surface area (Å²) in [7, 11) is 1.33. The van der Waals surface area contributed by atoms with E-state index in [2.05, 4.69) is 20.7 Å². The van der Waals surface area contributed by atoms with Crippen molar-refractivity contribution in [3.63, 3.8) is 0 Å². The van der Waals surface area contributed by atoms with Crippen molar-refractivity contribution in [1.82, 2.24) is 0 Å². The Morgan fingerprint density at radius 3 is 2.61 bits per heavy atom. The number of carboxylic acid groups (broad SMARTS) is 1. The van der Waals surface area contributed by atoms with Crippen LogP contribution in [0.25, 0.3) is 0 Å². The Morgan fingerprint density at radius 1 is 1.17 bits per heavy atom. The zero-order valence-corrected chi connectivity index (χ0v) is 14.0. The second-order valence-electron chi connectivity index (χ2n) is 4.80. The highest BCUT2D eigenvalue weighted by Gasteiger charge is 2.10. The molecule has 6 heteroatoms. The monoisotopic (exact) mass is 378 g/mol. The Balaban J connectivity index is 2.15. The molecule has 0 saturated carbocycles. The Bertz CT molecular complexity index is 727.